The highest BCUT2D eigenvalue weighted by Gasteiger charge is 2.11. The van der Waals surface area contributed by atoms with Gasteiger partial charge in [0.15, 0.2) is 5.82 Å². The van der Waals surface area contributed by atoms with Crippen LogP contribution in [0.4, 0.5) is 5.69 Å². The fraction of sp³-hybridized carbons (Fsp3) is 0.533. The summed E-state index contributed by atoms with van der Waals surface area (Å²) in [5.74, 6) is 0.860. The highest BCUT2D eigenvalue weighted by molar-refractivity contribution is 5.55. The largest absolute Gasteiger partial charge is 0.372 e. The van der Waals surface area contributed by atoms with Crippen LogP contribution in [0.25, 0.3) is 5.69 Å². The predicted molar refractivity (Wildman–Crippen MR) is 84.8 cm³/mol. The lowest BCUT2D eigenvalue weighted by Gasteiger charge is -2.22. The molecule has 0 unspecified atom stereocenters. The summed E-state index contributed by atoms with van der Waals surface area (Å²) in [6.07, 6.45) is 1.68. The molecule has 0 bridgehead atoms. The van der Waals surface area contributed by atoms with Crippen molar-refractivity contribution in [1.29, 1.82) is 0 Å². The number of nitrogens with two attached hydrogens (primary N) is 1. The van der Waals surface area contributed by atoms with Gasteiger partial charge in [-0.25, -0.2) is 0 Å². The van der Waals surface area contributed by atoms with Gasteiger partial charge >= 0.3 is 0 Å². The average Bonchev–Trinajstić information content (AvgIpc) is 2.94. The van der Waals surface area contributed by atoms with Crippen molar-refractivity contribution in [2.45, 2.75) is 33.6 Å². The summed E-state index contributed by atoms with van der Waals surface area (Å²) in [6.45, 7) is 9.07. The predicted octanol–water partition coefficient (Wildman–Crippen LogP) is 1.71. The molecule has 6 nitrogen and oxygen atoms in total. The van der Waals surface area contributed by atoms with Gasteiger partial charge in [0.2, 0.25) is 0 Å². The van der Waals surface area contributed by atoms with E-state index < -0.39 is 0 Å². The van der Waals surface area contributed by atoms with Crippen LogP contribution in [-0.2, 0) is 6.42 Å². The van der Waals surface area contributed by atoms with Crippen molar-refractivity contribution in [1.82, 2.24) is 20.2 Å². The molecular formula is C15H24N6. The number of rotatable bonds is 7. The molecule has 0 saturated carbocycles. The minimum atomic E-state index is 0.646. The molecule has 0 fully saturated rings. The maximum Gasteiger partial charge on any atom is 0.156 e. The van der Waals surface area contributed by atoms with Crippen LogP contribution < -0.4 is 10.6 Å². The Hall–Kier alpha value is -1.95. The van der Waals surface area contributed by atoms with Gasteiger partial charge in [-0.1, -0.05) is 0 Å². The first-order chi connectivity index (χ1) is 10.2. The van der Waals surface area contributed by atoms with Crippen LogP contribution in [0.5, 0.6) is 0 Å². The quantitative estimate of drug-likeness (QED) is 0.839. The van der Waals surface area contributed by atoms with E-state index >= 15 is 0 Å². The van der Waals surface area contributed by atoms with E-state index in [0.29, 0.717) is 6.54 Å². The van der Waals surface area contributed by atoms with Crippen molar-refractivity contribution in [2.75, 3.05) is 24.5 Å². The molecule has 0 saturated heterocycles. The highest BCUT2D eigenvalue weighted by atomic mass is 15.5. The van der Waals surface area contributed by atoms with Gasteiger partial charge in [-0.3, -0.25) is 0 Å². The molecule has 1 aromatic carbocycles. The molecule has 114 valence electrons. The van der Waals surface area contributed by atoms with Crippen LogP contribution in [0.15, 0.2) is 18.2 Å². The number of aryl methyl sites for hydroxylation is 2. The summed E-state index contributed by atoms with van der Waals surface area (Å²) in [4.78, 5) is 2.33. The van der Waals surface area contributed by atoms with Crippen LogP contribution in [0.3, 0.4) is 0 Å². The number of anilines is 1. The smallest absolute Gasteiger partial charge is 0.156 e. The Morgan fingerprint density at radius 1 is 1.24 bits per heavy atom. The molecule has 0 aliphatic heterocycles. The van der Waals surface area contributed by atoms with Gasteiger partial charge in [0.1, 0.15) is 0 Å². The third-order valence-corrected chi connectivity index (χ3v) is 3.68. The summed E-state index contributed by atoms with van der Waals surface area (Å²) in [5, 5.41) is 12.0. The fourth-order valence-electron chi connectivity index (χ4n) is 2.47. The van der Waals surface area contributed by atoms with E-state index in [2.05, 4.69) is 59.4 Å². The topological polar surface area (TPSA) is 72.9 Å². The molecule has 0 atom stereocenters. The number of tetrazole rings is 1. The van der Waals surface area contributed by atoms with Crippen LogP contribution in [0, 0.1) is 6.92 Å². The molecular weight excluding hydrogens is 264 g/mol. The van der Waals surface area contributed by atoms with Crippen molar-refractivity contribution >= 4 is 5.69 Å². The van der Waals surface area contributed by atoms with Gasteiger partial charge < -0.3 is 10.6 Å². The van der Waals surface area contributed by atoms with Crippen molar-refractivity contribution in [3.05, 3.63) is 29.6 Å². The van der Waals surface area contributed by atoms with Crippen LogP contribution in [-0.4, -0.2) is 39.8 Å². The van der Waals surface area contributed by atoms with E-state index in [9.17, 15) is 0 Å². The second-order valence-corrected chi connectivity index (χ2v) is 5.04. The summed E-state index contributed by atoms with van der Waals surface area (Å²) >= 11 is 0. The molecule has 0 spiro atoms. The molecule has 1 aromatic heterocycles. The minimum absolute atomic E-state index is 0.646. The number of hydrogen-bond donors (Lipinski definition) is 1. The first kappa shape index (κ1) is 15.4. The zero-order chi connectivity index (χ0) is 15.2. The summed E-state index contributed by atoms with van der Waals surface area (Å²) in [6, 6.07) is 6.41. The molecule has 0 aliphatic rings. The van der Waals surface area contributed by atoms with Gasteiger partial charge in [0.05, 0.1) is 5.69 Å². The molecule has 2 N–H and O–H groups in total. The standard InChI is InChI=1S/C15H24N6/c1-4-20(5-2)13-8-9-14(12(3)11-13)21-15(7-6-10-16)17-18-19-21/h8-9,11H,4-7,10,16H2,1-3H3. The van der Waals surface area contributed by atoms with E-state index in [1.165, 1.54) is 11.3 Å². The van der Waals surface area contributed by atoms with Crippen LogP contribution >= 0.6 is 0 Å². The first-order valence-electron chi connectivity index (χ1n) is 7.54. The molecule has 21 heavy (non-hydrogen) atoms. The Bertz CT molecular complexity index is 573. The molecule has 1 heterocycles. The maximum atomic E-state index is 5.56. The molecule has 2 aromatic rings. The Morgan fingerprint density at radius 2 is 2.00 bits per heavy atom. The Morgan fingerprint density at radius 3 is 2.62 bits per heavy atom. The Balaban J connectivity index is 2.31. The van der Waals surface area contributed by atoms with Gasteiger partial charge in [-0.05, 0) is 67.9 Å². The van der Waals surface area contributed by atoms with Crippen LogP contribution in [0.1, 0.15) is 31.7 Å². The second-order valence-electron chi connectivity index (χ2n) is 5.04. The van der Waals surface area contributed by atoms with E-state index in [4.69, 9.17) is 5.73 Å². The number of nitrogens with zero attached hydrogens (tertiary/aromatic N) is 5. The lowest BCUT2D eigenvalue weighted by atomic mass is 10.1. The number of hydrogen-bond acceptors (Lipinski definition) is 5. The molecule has 0 aliphatic carbocycles. The highest BCUT2D eigenvalue weighted by Crippen LogP contribution is 2.22. The van der Waals surface area contributed by atoms with Gasteiger partial charge in [-0.15, -0.1) is 5.10 Å². The number of benzene rings is 1. The fourth-order valence-corrected chi connectivity index (χ4v) is 2.47. The van der Waals surface area contributed by atoms with Gasteiger partial charge in [0, 0.05) is 25.2 Å². The van der Waals surface area contributed by atoms with E-state index in [-0.39, 0.29) is 0 Å². The van der Waals surface area contributed by atoms with Gasteiger partial charge in [0.25, 0.3) is 0 Å². The zero-order valence-electron chi connectivity index (χ0n) is 13.1. The molecule has 6 heteroatoms. The first-order valence-corrected chi connectivity index (χ1v) is 7.54. The Labute approximate surface area is 125 Å². The third kappa shape index (κ3) is 3.39. The Kier molecular flexibility index (Phi) is 5.27. The van der Waals surface area contributed by atoms with Crippen molar-refractivity contribution < 1.29 is 0 Å². The minimum Gasteiger partial charge on any atom is -0.372 e. The average molecular weight is 288 g/mol. The lowest BCUT2D eigenvalue weighted by Crippen LogP contribution is -2.22. The maximum absolute atomic E-state index is 5.56. The third-order valence-electron chi connectivity index (χ3n) is 3.68. The lowest BCUT2D eigenvalue weighted by molar-refractivity contribution is 0.723. The van der Waals surface area contributed by atoms with Gasteiger partial charge in [-0.2, -0.15) is 4.68 Å². The molecule has 0 amide bonds. The molecule has 2 rings (SSSR count). The summed E-state index contributed by atoms with van der Waals surface area (Å²) < 4.78 is 1.82. The summed E-state index contributed by atoms with van der Waals surface area (Å²) in [5.41, 5.74) is 9.00. The van der Waals surface area contributed by atoms with Crippen LogP contribution in [0.2, 0.25) is 0 Å². The van der Waals surface area contributed by atoms with Crippen molar-refractivity contribution in [3.63, 3.8) is 0 Å². The van der Waals surface area contributed by atoms with E-state index in [0.717, 1.165) is 37.4 Å². The summed E-state index contributed by atoms with van der Waals surface area (Å²) in [7, 11) is 0. The van der Waals surface area contributed by atoms with E-state index in [1.54, 1.807) is 0 Å². The SMILES string of the molecule is CCN(CC)c1ccc(-n2nnnc2CCCN)c(C)c1. The number of aromatic nitrogens is 4. The molecule has 0 radical (unpaired) electrons. The van der Waals surface area contributed by atoms with Crippen molar-refractivity contribution in [3.8, 4) is 5.69 Å². The normalized spacial score (nSPS) is 10.9. The second kappa shape index (κ2) is 7.17. The van der Waals surface area contributed by atoms with Crippen molar-refractivity contribution in [2.24, 2.45) is 5.73 Å². The monoisotopic (exact) mass is 288 g/mol. The van der Waals surface area contributed by atoms with E-state index in [1.807, 2.05) is 4.68 Å². The zero-order valence-corrected chi connectivity index (χ0v) is 13.1.